The van der Waals surface area contributed by atoms with Gasteiger partial charge in [0.05, 0.1) is 48.8 Å². The zero-order chi connectivity index (χ0) is 65.4. The zero-order valence-electron chi connectivity index (χ0n) is 61.0. The van der Waals surface area contributed by atoms with Gasteiger partial charge in [0.25, 0.3) is 0 Å². The highest BCUT2D eigenvalue weighted by Gasteiger charge is 2.34. The number of rotatable bonds is 8. The van der Waals surface area contributed by atoms with E-state index in [4.69, 9.17) is 0 Å². The van der Waals surface area contributed by atoms with E-state index in [0.29, 0.717) is 34.0 Å². The van der Waals surface area contributed by atoms with Crippen LogP contribution in [0.25, 0.3) is 0 Å². The van der Waals surface area contributed by atoms with Crippen LogP contribution >= 0.6 is 0 Å². The SMILES string of the molecule is CC(C)(C)C1CCC(O)CC1.CC(C)(C)C1CCCC(O)C1.CC(C)(C)C1CCCCC1O.CC(C)CC1CCC(O)CC1.CC(C)CC1CCCC(O)C1.CC(C)CC1CCCCC1O.CC1CCCC(O)C1C.CCC(C)C1CCC(O)CC1. The molecule has 8 aliphatic rings. The normalized spacial score (nSPS) is 34.7. The Bertz CT molecular complexity index is 1560. The van der Waals surface area contributed by atoms with Crippen molar-refractivity contribution in [1.29, 1.82) is 0 Å². The summed E-state index contributed by atoms with van der Waals surface area (Å²) in [7, 11) is 0. The van der Waals surface area contributed by atoms with Gasteiger partial charge in [-0.15, -0.1) is 0 Å². The van der Waals surface area contributed by atoms with Gasteiger partial charge in [-0.1, -0.05) is 196 Å². The molecule has 0 spiro atoms. The van der Waals surface area contributed by atoms with Crippen molar-refractivity contribution in [2.24, 2.45) is 93.2 Å². The highest BCUT2D eigenvalue weighted by atomic mass is 16.3. The van der Waals surface area contributed by atoms with Crippen molar-refractivity contribution in [3.05, 3.63) is 0 Å². The van der Waals surface area contributed by atoms with Gasteiger partial charge in [-0.3, -0.25) is 0 Å². The molecule has 8 fully saturated rings. The standard InChI is InChI=1S/7C10H20O.C8H16O/c1-10(2,3)8-4-6-9(11)7-5-8;1-10(2,3)8-5-4-6-9(11)7-8;1-10(2,3)8-6-4-5-7-9(8)11;1-8(2)7-9-3-5-10(11)6-4-9;1-8(2)6-9-4-3-5-10(11)7-9;1-8(2)7-9-5-3-4-6-10(9)11;1-3-8(2)9-4-6-10(11)7-5-9;1-6-4-3-5-8(9)7(6)2/h3*8-9,11H,4-7H2,1-3H3;4*8-11H,3-7H2,1-2H3;6-9H,3-5H2,1-2H3. The van der Waals surface area contributed by atoms with Crippen molar-refractivity contribution in [3.8, 4) is 0 Å². The van der Waals surface area contributed by atoms with E-state index in [2.05, 4.69) is 132 Å². The minimum absolute atomic E-state index is 0.00569. The molecule has 8 saturated carbocycles. The predicted octanol–water partition coefficient (Wildman–Crippen LogP) is 19.9. The Labute approximate surface area is 536 Å². The number of hydrogen-bond donors (Lipinski definition) is 8. The van der Waals surface area contributed by atoms with E-state index in [1.807, 2.05) is 0 Å². The van der Waals surface area contributed by atoms with Gasteiger partial charge in [0.15, 0.2) is 0 Å². The smallest absolute Gasteiger partial charge is 0.0573 e. The van der Waals surface area contributed by atoms with Crippen LogP contribution in [0, 0.1) is 93.2 Å². The second-order valence-corrected chi connectivity index (χ2v) is 34.7. The Hall–Kier alpha value is -0.320. The zero-order valence-corrected chi connectivity index (χ0v) is 61.0. The van der Waals surface area contributed by atoms with Gasteiger partial charge in [0.2, 0.25) is 0 Å². The van der Waals surface area contributed by atoms with Crippen LogP contribution in [0.5, 0.6) is 0 Å². The summed E-state index contributed by atoms with van der Waals surface area (Å²) in [5.41, 5.74) is 1.13. The molecule has 12 unspecified atom stereocenters. The molecule has 8 rings (SSSR count). The first-order valence-corrected chi connectivity index (χ1v) is 37.5. The van der Waals surface area contributed by atoms with E-state index < -0.39 is 0 Å². The summed E-state index contributed by atoms with van der Waals surface area (Å²) in [4.78, 5) is 0. The van der Waals surface area contributed by atoms with Crippen LogP contribution in [-0.2, 0) is 0 Å². The van der Waals surface area contributed by atoms with E-state index in [-0.39, 0.29) is 48.8 Å². The summed E-state index contributed by atoms with van der Waals surface area (Å²) in [6.45, 7) is 43.0. The fourth-order valence-corrected chi connectivity index (χ4v) is 15.8. The quantitative estimate of drug-likeness (QED) is 0.119. The van der Waals surface area contributed by atoms with Crippen molar-refractivity contribution in [1.82, 2.24) is 0 Å². The summed E-state index contributed by atoms with van der Waals surface area (Å²) in [5, 5.41) is 75.3. The van der Waals surface area contributed by atoms with Crippen molar-refractivity contribution < 1.29 is 40.9 Å². The third kappa shape index (κ3) is 38.6. The van der Waals surface area contributed by atoms with Gasteiger partial charge in [-0.05, 0) is 254 Å². The fourth-order valence-electron chi connectivity index (χ4n) is 15.8. The Kier molecular flexibility index (Phi) is 43.1. The molecule has 0 radical (unpaired) electrons. The molecule has 0 aromatic rings. The van der Waals surface area contributed by atoms with Gasteiger partial charge in [0.1, 0.15) is 0 Å². The second kappa shape index (κ2) is 44.3. The van der Waals surface area contributed by atoms with E-state index in [1.165, 1.54) is 141 Å². The Morgan fingerprint density at radius 3 is 1.15 bits per heavy atom. The van der Waals surface area contributed by atoms with Crippen LogP contribution < -0.4 is 0 Å². The van der Waals surface area contributed by atoms with E-state index >= 15 is 0 Å². The molecule has 12 atom stereocenters. The van der Waals surface area contributed by atoms with Crippen LogP contribution in [0.4, 0.5) is 0 Å². The largest absolute Gasteiger partial charge is 0.393 e. The van der Waals surface area contributed by atoms with Crippen LogP contribution in [-0.4, -0.2) is 89.7 Å². The summed E-state index contributed by atoms with van der Waals surface area (Å²) in [5.74, 6) is 9.76. The van der Waals surface area contributed by atoms with E-state index in [0.717, 1.165) is 143 Å². The molecule has 8 N–H and O–H groups in total. The minimum Gasteiger partial charge on any atom is -0.393 e. The molecule has 0 aromatic carbocycles. The third-order valence-electron chi connectivity index (χ3n) is 22.3. The maximum absolute atomic E-state index is 9.70. The van der Waals surface area contributed by atoms with E-state index in [1.54, 1.807) is 0 Å². The van der Waals surface area contributed by atoms with Gasteiger partial charge >= 0.3 is 0 Å². The Morgan fingerprint density at radius 2 is 0.756 bits per heavy atom. The topological polar surface area (TPSA) is 162 Å². The lowest BCUT2D eigenvalue weighted by Gasteiger charge is -2.37. The second-order valence-electron chi connectivity index (χ2n) is 34.7. The number of aliphatic hydroxyl groups is 8. The lowest BCUT2D eigenvalue weighted by Crippen LogP contribution is -2.34. The average Bonchev–Trinajstić information content (AvgIpc) is 3.63. The summed E-state index contributed by atoms with van der Waals surface area (Å²) < 4.78 is 0. The van der Waals surface area contributed by atoms with Crippen molar-refractivity contribution in [3.63, 3.8) is 0 Å². The van der Waals surface area contributed by atoms with Gasteiger partial charge in [0, 0.05) is 0 Å². The van der Waals surface area contributed by atoms with Crippen LogP contribution in [0.2, 0.25) is 0 Å². The van der Waals surface area contributed by atoms with Crippen LogP contribution in [0.1, 0.15) is 356 Å². The van der Waals surface area contributed by atoms with Crippen LogP contribution in [0.15, 0.2) is 0 Å². The molecular weight excluding hydrogens is 1060 g/mol. The third-order valence-corrected chi connectivity index (χ3v) is 22.3. The van der Waals surface area contributed by atoms with Crippen molar-refractivity contribution >= 4 is 0 Å². The first-order chi connectivity index (χ1) is 40.0. The molecule has 0 amide bonds. The maximum Gasteiger partial charge on any atom is 0.0573 e. The van der Waals surface area contributed by atoms with Crippen LogP contribution in [0.3, 0.4) is 0 Å². The Morgan fingerprint density at radius 1 is 0.337 bits per heavy atom. The lowest BCUT2D eigenvalue weighted by atomic mass is 9.71. The molecule has 8 aliphatic carbocycles. The molecule has 0 saturated heterocycles. The summed E-state index contributed by atoms with van der Waals surface area (Å²) in [6.07, 6.45) is 41.1. The first-order valence-electron chi connectivity index (χ1n) is 37.5. The Balaban J connectivity index is 0.000000492. The van der Waals surface area contributed by atoms with Gasteiger partial charge < -0.3 is 40.9 Å². The summed E-state index contributed by atoms with van der Waals surface area (Å²) >= 11 is 0. The number of aliphatic hydroxyl groups excluding tert-OH is 8. The predicted molar refractivity (Wildman–Crippen MR) is 370 cm³/mol. The van der Waals surface area contributed by atoms with E-state index in [9.17, 15) is 40.9 Å². The number of hydrogen-bond acceptors (Lipinski definition) is 8. The summed E-state index contributed by atoms with van der Waals surface area (Å²) in [6, 6.07) is 0. The fraction of sp³-hybridized carbons (Fsp3) is 1.00. The average molecular weight is 1220 g/mol. The van der Waals surface area contributed by atoms with Crippen molar-refractivity contribution in [2.75, 3.05) is 0 Å². The lowest BCUT2D eigenvalue weighted by molar-refractivity contribution is 0.0105. The molecule has 86 heavy (non-hydrogen) atoms. The molecule has 0 aromatic heterocycles. The molecule has 8 nitrogen and oxygen atoms in total. The van der Waals surface area contributed by atoms with Gasteiger partial charge in [-0.25, -0.2) is 0 Å². The molecular formula is C78H156O8. The van der Waals surface area contributed by atoms with Gasteiger partial charge in [-0.2, -0.15) is 0 Å². The molecule has 0 aliphatic heterocycles. The highest BCUT2D eigenvalue weighted by Crippen LogP contribution is 2.41. The molecule has 516 valence electrons. The minimum atomic E-state index is -0.0382. The van der Waals surface area contributed by atoms with Crippen molar-refractivity contribution in [2.45, 2.75) is 405 Å². The molecule has 0 heterocycles. The maximum atomic E-state index is 9.70. The highest BCUT2D eigenvalue weighted by molar-refractivity contribution is 4.85. The first kappa shape index (κ1) is 83.7. The molecule has 8 heteroatoms. The monoisotopic (exact) mass is 1220 g/mol. The molecule has 0 bridgehead atoms.